The van der Waals surface area contributed by atoms with Crippen molar-refractivity contribution in [2.24, 2.45) is 5.92 Å². The molecule has 0 amide bonds. The molecule has 0 radical (unpaired) electrons. The number of hydrogen-bond donors (Lipinski definition) is 1. The summed E-state index contributed by atoms with van der Waals surface area (Å²) in [5, 5.41) is 3.59. The van der Waals surface area contributed by atoms with Crippen LogP contribution in [0.25, 0.3) is 0 Å². The van der Waals surface area contributed by atoms with Gasteiger partial charge in [0.2, 0.25) is 0 Å². The van der Waals surface area contributed by atoms with Crippen LogP contribution in [0.2, 0.25) is 0 Å². The molecular formula is C15H31N3O. The Morgan fingerprint density at radius 2 is 1.84 bits per heavy atom. The van der Waals surface area contributed by atoms with Crippen LogP contribution in [0.15, 0.2) is 0 Å². The Labute approximate surface area is 118 Å². The SMILES string of the molecule is CCCNC(COC)CN1CCN(CC2CC2)CC1. The molecule has 1 aliphatic heterocycles. The molecule has 0 spiro atoms. The van der Waals surface area contributed by atoms with Gasteiger partial charge >= 0.3 is 0 Å². The van der Waals surface area contributed by atoms with Crippen LogP contribution in [0.1, 0.15) is 26.2 Å². The van der Waals surface area contributed by atoms with Crippen LogP contribution in [-0.4, -0.2) is 75.4 Å². The number of nitrogens with zero attached hydrogens (tertiary/aromatic N) is 2. The maximum atomic E-state index is 5.33. The molecule has 2 rings (SSSR count). The van der Waals surface area contributed by atoms with Gasteiger partial charge in [0.25, 0.3) is 0 Å². The van der Waals surface area contributed by atoms with E-state index in [0.29, 0.717) is 6.04 Å². The van der Waals surface area contributed by atoms with Crippen molar-refractivity contribution in [2.45, 2.75) is 32.2 Å². The van der Waals surface area contributed by atoms with Gasteiger partial charge < -0.3 is 15.0 Å². The molecule has 0 aromatic rings. The van der Waals surface area contributed by atoms with E-state index in [1.807, 2.05) is 0 Å². The van der Waals surface area contributed by atoms with E-state index >= 15 is 0 Å². The van der Waals surface area contributed by atoms with Crippen molar-refractivity contribution < 1.29 is 4.74 Å². The van der Waals surface area contributed by atoms with E-state index in [4.69, 9.17) is 4.74 Å². The van der Waals surface area contributed by atoms with Crippen LogP contribution in [0.5, 0.6) is 0 Å². The topological polar surface area (TPSA) is 27.7 Å². The zero-order valence-electron chi connectivity index (χ0n) is 12.7. The van der Waals surface area contributed by atoms with E-state index in [1.165, 1.54) is 52.0 Å². The Hall–Kier alpha value is -0.160. The number of methoxy groups -OCH3 is 1. The first-order valence-corrected chi connectivity index (χ1v) is 7.98. The van der Waals surface area contributed by atoms with Gasteiger partial charge in [-0.25, -0.2) is 0 Å². The highest BCUT2D eigenvalue weighted by atomic mass is 16.5. The zero-order chi connectivity index (χ0) is 13.5. The molecule has 1 atom stereocenters. The summed E-state index contributed by atoms with van der Waals surface area (Å²) in [6.07, 6.45) is 4.13. The molecule has 2 aliphatic rings. The molecule has 19 heavy (non-hydrogen) atoms. The molecule has 0 aromatic heterocycles. The first-order valence-electron chi connectivity index (χ1n) is 7.98. The van der Waals surface area contributed by atoms with E-state index < -0.39 is 0 Å². The second-order valence-electron chi connectivity index (χ2n) is 6.15. The number of piperazine rings is 1. The van der Waals surface area contributed by atoms with Gasteiger partial charge in [0.05, 0.1) is 6.61 Å². The normalized spacial score (nSPS) is 23.7. The van der Waals surface area contributed by atoms with Gasteiger partial charge in [0.15, 0.2) is 0 Å². The van der Waals surface area contributed by atoms with Crippen LogP contribution < -0.4 is 5.32 Å². The molecule has 1 N–H and O–H groups in total. The summed E-state index contributed by atoms with van der Waals surface area (Å²) in [4.78, 5) is 5.24. The monoisotopic (exact) mass is 269 g/mol. The largest absolute Gasteiger partial charge is 0.383 e. The predicted octanol–water partition coefficient (Wildman–Crippen LogP) is 1.03. The number of rotatable bonds is 9. The molecule has 4 nitrogen and oxygen atoms in total. The van der Waals surface area contributed by atoms with Crippen LogP contribution >= 0.6 is 0 Å². The lowest BCUT2D eigenvalue weighted by molar-refractivity contribution is 0.0960. The number of hydrogen-bond acceptors (Lipinski definition) is 4. The quantitative estimate of drug-likeness (QED) is 0.676. The van der Waals surface area contributed by atoms with E-state index in [2.05, 4.69) is 22.0 Å². The van der Waals surface area contributed by atoms with Crippen molar-refractivity contribution in [2.75, 3.05) is 59.5 Å². The van der Waals surface area contributed by atoms with E-state index in [-0.39, 0.29) is 0 Å². The second-order valence-corrected chi connectivity index (χ2v) is 6.15. The molecule has 1 unspecified atom stereocenters. The Balaban J connectivity index is 1.63. The van der Waals surface area contributed by atoms with Gasteiger partial charge in [-0.15, -0.1) is 0 Å². The summed E-state index contributed by atoms with van der Waals surface area (Å²) < 4.78 is 5.33. The minimum atomic E-state index is 0.486. The lowest BCUT2D eigenvalue weighted by Gasteiger charge is -2.36. The van der Waals surface area contributed by atoms with Gasteiger partial charge in [0, 0.05) is 52.4 Å². The van der Waals surface area contributed by atoms with Crippen LogP contribution in [-0.2, 0) is 4.74 Å². The van der Waals surface area contributed by atoms with Crippen LogP contribution in [0, 0.1) is 5.92 Å². The summed E-state index contributed by atoms with van der Waals surface area (Å²) in [5.74, 6) is 1.03. The van der Waals surface area contributed by atoms with Crippen molar-refractivity contribution in [1.29, 1.82) is 0 Å². The molecule has 1 saturated carbocycles. The molecule has 0 aromatic carbocycles. The Morgan fingerprint density at radius 1 is 1.16 bits per heavy atom. The summed E-state index contributed by atoms with van der Waals surface area (Å²) >= 11 is 0. The molecular weight excluding hydrogens is 238 g/mol. The van der Waals surface area contributed by atoms with Crippen molar-refractivity contribution >= 4 is 0 Å². The van der Waals surface area contributed by atoms with Gasteiger partial charge in [-0.1, -0.05) is 6.92 Å². The van der Waals surface area contributed by atoms with Crippen LogP contribution in [0.3, 0.4) is 0 Å². The third-order valence-electron chi connectivity index (χ3n) is 4.21. The lowest BCUT2D eigenvalue weighted by atomic mass is 10.2. The maximum Gasteiger partial charge on any atom is 0.0628 e. The Morgan fingerprint density at radius 3 is 2.42 bits per heavy atom. The molecule has 1 aliphatic carbocycles. The van der Waals surface area contributed by atoms with Gasteiger partial charge in [-0.2, -0.15) is 0 Å². The lowest BCUT2D eigenvalue weighted by Crippen LogP contribution is -2.52. The fourth-order valence-electron chi connectivity index (χ4n) is 2.86. The van der Waals surface area contributed by atoms with Gasteiger partial charge in [-0.05, 0) is 31.7 Å². The minimum Gasteiger partial charge on any atom is -0.383 e. The van der Waals surface area contributed by atoms with Crippen molar-refractivity contribution in [3.63, 3.8) is 0 Å². The highest BCUT2D eigenvalue weighted by molar-refractivity contribution is 4.82. The number of ether oxygens (including phenoxy) is 1. The van der Waals surface area contributed by atoms with E-state index in [9.17, 15) is 0 Å². The van der Waals surface area contributed by atoms with Gasteiger partial charge in [0.1, 0.15) is 0 Å². The Bertz CT molecular complexity index is 238. The highest BCUT2D eigenvalue weighted by Crippen LogP contribution is 2.29. The number of nitrogens with one attached hydrogen (secondary N) is 1. The first-order chi connectivity index (χ1) is 9.31. The average molecular weight is 269 g/mol. The zero-order valence-corrected chi connectivity index (χ0v) is 12.7. The van der Waals surface area contributed by atoms with Crippen molar-refractivity contribution in [1.82, 2.24) is 15.1 Å². The standard InChI is InChI=1S/C15H31N3O/c1-3-6-16-15(13-19-2)12-18-9-7-17(8-10-18)11-14-4-5-14/h14-16H,3-13H2,1-2H3. The smallest absolute Gasteiger partial charge is 0.0628 e. The maximum absolute atomic E-state index is 5.33. The van der Waals surface area contributed by atoms with Gasteiger partial charge in [-0.3, -0.25) is 4.90 Å². The van der Waals surface area contributed by atoms with E-state index in [0.717, 1.165) is 25.6 Å². The highest BCUT2D eigenvalue weighted by Gasteiger charge is 2.26. The summed E-state index contributed by atoms with van der Waals surface area (Å²) in [5.41, 5.74) is 0. The van der Waals surface area contributed by atoms with Crippen LogP contribution in [0.4, 0.5) is 0 Å². The summed E-state index contributed by atoms with van der Waals surface area (Å²) in [6, 6.07) is 0.486. The molecule has 1 heterocycles. The molecule has 1 saturated heterocycles. The van der Waals surface area contributed by atoms with Crippen molar-refractivity contribution in [3.05, 3.63) is 0 Å². The molecule has 2 fully saturated rings. The summed E-state index contributed by atoms with van der Waals surface area (Å²) in [7, 11) is 1.80. The fraction of sp³-hybridized carbons (Fsp3) is 1.00. The third-order valence-corrected chi connectivity index (χ3v) is 4.21. The second kappa shape index (κ2) is 8.20. The first kappa shape index (κ1) is 15.2. The average Bonchev–Trinajstić information content (AvgIpc) is 3.22. The molecule has 112 valence electrons. The van der Waals surface area contributed by atoms with E-state index in [1.54, 1.807) is 7.11 Å². The third kappa shape index (κ3) is 5.78. The van der Waals surface area contributed by atoms with Crippen molar-refractivity contribution in [3.8, 4) is 0 Å². The summed E-state index contributed by atoms with van der Waals surface area (Å²) in [6.45, 7) is 11.6. The predicted molar refractivity (Wildman–Crippen MR) is 79.6 cm³/mol. The Kier molecular flexibility index (Phi) is 6.57. The minimum absolute atomic E-state index is 0.486. The fourth-order valence-corrected chi connectivity index (χ4v) is 2.86. The molecule has 4 heteroatoms. The molecule has 0 bridgehead atoms.